The molecule has 1 aliphatic rings. The second-order valence-corrected chi connectivity index (χ2v) is 5.52. The van der Waals surface area contributed by atoms with Gasteiger partial charge in [0.2, 0.25) is 5.91 Å². The van der Waals surface area contributed by atoms with Gasteiger partial charge < -0.3 is 10.6 Å². The van der Waals surface area contributed by atoms with Crippen molar-refractivity contribution in [1.82, 2.24) is 10.6 Å². The summed E-state index contributed by atoms with van der Waals surface area (Å²) in [5.41, 5.74) is 2.30. The van der Waals surface area contributed by atoms with Crippen molar-refractivity contribution < 1.29 is 4.79 Å². The molecule has 0 bridgehead atoms. The zero-order chi connectivity index (χ0) is 13.5. The van der Waals surface area contributed by atoms with E-state index in [1.54, 1.807) is 0 Å². The Hall–Kier alpha value is -1.06. The van der Waals surface area contributed by atoms with Crippen LogP contribution in [0, 0.1) is 12.8 Å². The van der Waals surface area contributed by atoms with Gasteiger partial charge in [-0.2, -0.15) is 0 Å². The lowest BCUT2D eigenvalue weighted by Crippen LogP contribution is -2.33. The summed E-state index contributed by atoms with van der Waals surface area (Å²) in [6.07, 6.45) is 4.14. The smallest absolute Gasteiger partial charge is 0.224 e. The van der Waals surface area contributed by atoms with E-state index in [4.69, 9.17) is 0 Å². The minimum Gasteiger partial charge on any atom is -0.356 e. The minimum absolute atomic E-state index is 0. The second kappa shape index (κ2) is 8.98. The molecule has 3 nitrogen and oxygen atoms in total. The van der Waals surface area contributed by atoms with Gasteiger partial charge in [-0.05, 0) is 50.8 Å². The molecule has 1 heterocycles. The van der Waals surface area contributed by atoms with Crippen LogP contribution in [0.25, 0.3) is 0 Å². The Morgan fingerprint density at radius 3 is 3.00 bits per heavy atom. The monoisotopic (exact) mass is 296 g/mol. The van der Waals surface area contributed by atoms with E-state index in [9.17, 15) is 4.79 Å². The van der Waals surface area contributed by atoms with Crippen molar-refractivity contribution in [1.29, 1.82) is 0 Å². The van der Waals surface area contributed by atoms with Crippen LogP contribution in [0.2, 0.25) is 0 Å². The van der Waals surface area contributed by atoms with Crippen LogP contribution in [0.3, 0.4) is 0 Å². The fraction of sp³-hybridized carbons (Fsp3) is 0.562. The van der Waals surface area contributed by atoms with Gasteiger partial charge in [-0.25, -0.2) is 0 Å². The highest BCUT2D eigenvalue weighted by Crippen LogP contribution is 2.12. The third-order valence-electron chi connectivity index (χ3n) is 3.72. The van der Waals surface area contributed by atoms with Gasteiger partial charge in [-0.3, -0.25) is 4.79 Å². The van der Waals surface area contributed by atoms with Crippen LogP contribution in [0.1, 0.15) is 30.4 Å². The fourth-order valence-corrected chi connectivity index (χ4v) is 2.66. The molecule has 0 saturated carbocycles. The molecule has 1 atom stereocenters. The lowest BCUT2D eigenvalue weighted by molar-refractivity contribution is -0.120. The first-order valence-electron chi connectivity index (χ1n) is 7.27. The minimum atomic E-state index is 0. The van der Waals surface area contributed by atoms with Crippen molar-refractivity contribution in [3.05, 3.63) is 35.4 Å². The number of piperidine rings is 1. The van der Waals surface area contributed by atoms with Gasteiger partial charge >= 0.3 is 0 Å². The molecule has 1 fully saturated rings. The van der Waals surface area contributed by atoms with E-state index in [1.807, 2.05) is 12.1 Å². The number of nitrogens with one attached hydrogen (secondary N) is 2. The molecule has 1 amide bonds. The number of rotatable bonds is 5. The van der Waals surface area contributed by atoms with Crippen LogP contribution < -0.4 is 10.6 Å². The molecule has 1 aromatic rings. The van der Waals surface area contributed by atoms with Crippen LogP contribution >= 0.6 is 12.4 Å². The Bertz CT molecular complexity index is 417. The van der Waals surface area contributed by atoms with Gasteiger partial charge in [-0.1, -0.05) is 29.8 Å². The maximum absolute atomic E-state index is 11.8. The maximum Gasteiger partial charge on any atom is 0.224 e. The number of carbonyl (C=O) groups excluding carboxylic acids is 1. The third-order valence-corrected chi connectivity index (χ3v) is 3.72. The zero-order valence-corrected chi connectivity index (χ0v) is 13.0. The Morgan fingerprint density at radius 2 is 2.30 bits per heavy atom. The molecule has 0 spiro atoms. The predicted octanol–water partition coefficient (Wildman–Crippen LogP) is 2.47. The Morgan fingerprint density at radius 1 is 1.45 bits per heavy atom. The highest BCUT2D eigenvalue weighted by atomic mass is 35.5. The van der Waals surface area contributed by atoms with E-state index in [1.165, 1.54) is 18.4 Å². The highest BCUT2D eigenvalue weighted by Gasteiger charge is 2.12. The predicted molar refractivity (Wildman–Crippen MR) is 85.4 cm³/mol. The van der Waals surface area contributed by atoms with Crippen molar-refractivity contribution in [2.45, 2.75) is 32.6 Å². The summed E-state index contributed by atoms with van der Waals surface area (Å²) in [4.78, 5) is 11.8. The van der Waals surface area contributed by atoms with Crippen molar-refractivity contribution in [2.75, 3.05) is 19.6 Å². The molecule has 1 saturated heterocycles. The van der Waals surface area contributed by atoms with Gasteiger partial charge in [0, 0.05) is 6.54 Å². The quantitative estimate of drug-likeness (QED) is 0.876. The van der Waals surface area contributed by atoms with E-state index < -0.39 is 0 Å². The summed E-state index contributed by atoms with van der Waals surface area (Å²) >= 11 is 0. The van der Waals surface area contributed by atoms with Crippen molar-refractivity contribution >= 4 is 18.3 Å². The number of halogens is 1. The molecule has 20 heavy (non-hydrogen) atoms. The Kier molecular flexibility index (Phi) is 7.63. The van der Waals surface area contributed by atoms with Crippen molar-refractivity contribution in [2.24, 2.45) is 5.92 Å². The molecular formula is C16H25ClN2O. The first-order chi connectivity index (χ1) is 9.24. The average Bonchev–Trinajstić information content (AvgIpc) is 2.40. The first-order valence-corrected chi connectivity index (χ1v) is 7.27. The number of hydrogen-bond donors (Lipinski definition) is 2. The Labute approximate surface area is 127 Å². The van der Waals surface area contributed by atoms with E-state index in [0.29, 0.717) is 6.42 Å². The lowest BCUT2D eigenvalue weighted by Gasteiger charge is -2.22. The van der Waals surface area contributed by atoms with Crippen molar-refractivity contribution in [3.8, 4) is 0 Å². The summed E-state index contributed by atoms with van der Waals surface area (Å²) in [5.74, 6) is 0.863. The van der Waals surface area contributed by atoms with Gasteiger partial charge in [-0.15, -0.1) is 12.4 Å². The van der Waals surface area contributed by atoms with Gasteiger partial charge in [0.15, 0.2) is 0 Å². The molecule has 0 aromatic heterocycles. The molecule has 1 aliphatic heterocycles. The highest BCUT2D eigenvalue weighted by molar-refractivity contribution is 5.85. The number of amides is 1. The Balaban J connectivity index is 0.00000200. The van der Waals surface area contributed by atoms with Crippen LogP contribution in [-0.2, 0) is 11.2 Å². The van der Waals surface area contributed by atoms with E-state index in [-0.39, 0.29) is 18.3 Å². The molecule has 1 aromatic carbocycles. The summed E-state index contributed by atoms with van der Waals surface area (Å²) in [7, 11) is 0. The second-order valence-electron chi connectivity index (χ2n) is 5.52. The molecular weight excluding hydrogens is 272 g/mol. The zero-order valence-electron chi connectivity index (χ0n) is 12.2. The number of benzene rings is 1. The molecule has 0 radical (unpaired) electrons. The summed E-state index contributed by atoms with van der Waals surface area (Å²) in [6.45, 7) is 5.11. The van der Waals surface area contributed by atoms with E-state index >= 15 is 0 Å². The molecule has 0 aliphatic carbocycles. The number of hydrogen-bond acceptors (Lipinski definition) is 2. The first kappa shape index (κ1) is 17.0. The average molecular weight is 297 g/mol. The topological polar surface area (TPSA) is 41.1 Å². The summed E-state index contributed by atoms with van der Waals surface area (Å²) in [5, 5.41) is 6.44. The van der Waals surface area contributed by atoms with Crippen LogP contribution in [-0.4, -0.2) is 25.5 Å². The molecule has 1 unspecified atom stereocenters. The summed E-state index contributed by atoms with van der Waals surface area (Å²) < 4.78 is 0. The van der Waals surface area contributed by atoms with Gasteiger partial charge in [0.05, 0.1) is 6.42 Å². The largest absolute Gasteiger partial charge is 0.356 e. The molecule has 2 rings (SSSR count). The van der Waals surface area contributed by atoms with E-state index in [2.05, 4.69) is 29.7 Å². The van der Waals surface area contributed by atoms with Crippen LogP contribution in [0.15, 0.2) is 24.3 Å². The number of carbonyl (C=O) groups is 1. The van der Waals surface area contributed by atoms with Gasteiger partial charge in [0.1, 0.15) is 0 Å². The van der Waals surface area contributed by atoms with E-state index in [0.717, 1.165) is 37.5 Å². The molecule has 112 valence electrons. The van der Waals surface area contributed by atoms with Crippen LogP contribution in [0.4, 0.5) is 0 Å². The standard InChI is InChI=1S/C16H24N2O.ClH/c1-13-4-2-5-15(10-13)11-16(19)18-9-7-14-6-3-8-17-12-14;/h2,4-5,10,14,17H,3,6-9,11-12H2,1H3,(H,18,19);1H. The maximum atomic E-state index is 11.8. The fourth-order valence-electron chi connectivity index (χ4n) is 2.66. The van der Waals surface area contributed by atoms with Crippen LogP contribution in [0.5, 0.6) is 0 Å². The normalized spacial score (nSPS) is 18.1. The SMILES string of the molecule is Cc1cccc(CC(=O)NCCC2CCCNC2)c1.Cl. The van der Waals surface area contributed by atoms with Crippen molar-refractivity contribution in [3.63, 3.8) is 0 Å². The molecule has 2 N–H and O–H groups in total. The number of aryl methyl sites for hydroxylation is 1. The van der Waals surface area contributed by atoms with Gasteiger partial charge in [0.25, 0.3) is 0 Å². The lowest BCUT2D eigenvalue weighted by atomic mass is 9.96. The third kappa shape index (κ3) is 5.93. The summed E-state index contributed by atoms with van der Waals surface area (Å²) in [6, 6.07) is 8.14. The molecule has 4 heteroatoms.